The summed E-state index contributed by atoms with van der Waals surface area (Å²) in [7, 11) is 0. The molecule has 0 saturated heterocycles. The summed E-state index contributed by atoms with van der Waals surface area (Å²) in [5, 5.41) is 12.1. The van der Waals surface area contributed by atoms with Crippen LogP contribution in [0.15, 0.2) is 47.9 Å². The van der Waals surface area contributed by atoms with E-state index in [-0.39, 0.29) is 0 Å². The van der Waals surface area contributed by atoms with Crippen LogP contribution in [0.1, 0.15) is 23.6 Å². The molecule has 1 N–H and O–H groups in total. The molecular formula is C15H16N2O2. The van der Waals surface area contributed by atoms with Gasteiger partial charge < -0.3 is 9.94 Å². The first-order valence-electron chi connectivity index (χ1n) is 6.02. The number of hydrogen-bond acceptors (Lipinski definition) is 4. The Balaban J connectivity index is 2.21. The zero-order valence-electron chi connectivity index (χ0n) is 11.0. The van der Waals surface area contributed by atoms with Crippen LogP contribution < -0.4 is 4.74 Å². The van der Waals surface area contributed by atoms with Gasteiger partial charge in [0.1, 0.15) is 12.4 Å². The molecule has 0 unspecified atom stereocenters. The van der Waals surface area contributed by atoms with Crippen molar-refractivity contribution in [2.75, 3.05) is 0 Å². The molecule has 2 rings (SSSR count). The van der Waals surface area contributed by atoms with E-state index in [1.54, 1.807) is 19.3 Å². The molecule has 4 heteroatoms. The molecule has 19 heavy (non-hydrogen) atoms. The van der Waals surface area contributed by atoms with Gasteiger partial charge in [-0.1, -0.05) is 17.3 Å². The predicted molar refractivity (Wildman–Crippen MR) is 73.7 cm³/mol. The molecular weight excluding hydrogens is 240 g/mol. The van der Waals surface area contributed by atoms with Gasteiger partial charge >= 0.3 is 0 Å². The Morgan fingerprint density at radius 3 is 2.89 bits per heavy atom. The van der Waals surface area contributed by atoms with Gasteiger partial charge in [-0.2, -0.15) is 0 Å². The molecule has 0 saturated carbocycles. The maximum atomic E-state index is 8.89. The maximum absolute atomic E-state index is 8.89. The molecule has 1 heterocycles. The van der Waals surface area contributed by atoms with Gasteiger partial charge in [0.05, 0.1) is 5.71 Å². The van der Waals surface area contributed by atoms with E-state index in [0.717, 1.165) is 16.7 Å². The number of benzene rings is 1. The van der Waals surface area contributed by atoms with E-state index in [2.05, 4.69) is 10.1 Å². The fourth-order valence-corrected chi connectivity index (χ4v) is 1.75. The summed E-state index contributed by atoms with van der Waals surface area (Å²) in [5.41, 5.74) is 3.40. The fourth-order valence-electron chi connectivity index (χ4n) is 1.75. The number of hydrogen-bond donors (Lipinski definition) is 1. The summed E-state index contributed by atoms with van der Waals surface area (Å²) >= 11 is 0. The van der Waals surface area contributed by atoms with Crippen molar-refractivity contribution in [3.05, 3.63) is 59.4 Å². The van der Waals surface area contributed by atoms with Gasteiger partial charge in [0.2, 0.25) is 0 Å². The molecule has 1 aromatic heterocycles. The number of pyridine rings is 1. The second-order valence-electron chi connectivity index (χ2n) is 4.33. The molecule has 0 aliphatic heterocycles. The van der Waals surface area contributed by atoms with Crippen molar-refractivity contribution in [1.82, 2.24) is 4.98 Å². The molecule has 0 aliphatic carbocycles. The third-order valence-corrected chi connectivity index (χ3v) is 2.79. The van der Waals surface area contributed by atoms with Gasteiger partial charge in [0.15, 0.2) is 0 Å². The van der Waals surface area contributed by atoms with Crippen molar-refractivity contribution in [1.29, 1.82) is 0 Å². The van der Waals surface area contributed by atoms with Crippen LogP contribution in [0.2, 0.25) is 0 Å². The first kappa shape index (κ1) is 13.1. The molecule has 0 radical (unpaired) electrons. The van der Waals surface area contributed by atoms with E-state index >= 15 is 0 Å². The standard InChI is InChI=1S/C15H16N2O2/c1-11-5-6-14(12(2)17-18)15(8-11)19-10-13-4-3-7-16-9-13/h3-9,18H,10H2,1-2H3. The van der Waals surface area contributed by atoms with E-state index in [1.165, 1.54) is 0 Å². The van der Waals surface area contributed by atoms with Crippen molar-refractivity contribution < 1.29 is 9.94 Å². The summed E-state index contributed by atoms with van der Waals surface area (Å²) in [6.07, 6.45) is 3.49. The largest absolute Gasteiger partial charge is 0.488 e. The second-order valence-corrected chi connectivity index (χ2v) is 4.33. The lowest BCUT2D eigenvalue weighted by molar-refractivity contribution is 0.302. The van der Waals surface area contributed by atoms with Crippen molar-refractivity contribution in [3.8, 4) is 5.75 Å². The van der Waals surface area contributed by atoms with E-state index in [0.29, 0.717) is 18.1 Å². The van der Waals surface area contributed by atoms with Crippen molar-refractivity contribution in [3.63, 3.8) is 0 Å². The summed E-state index contributed by atoms with van der Waals surface area (Å²) in [6.45, 7) is 4.16. The zero-order valence-corrected chi connectivity index (χ0v) is 11.0. The smallest absolute Gasteiger partial charge is 0.129 e. The van der Waals surface area contributed by atoms with Gasteiger partial charge in [0, 0.05) is 23.5 Å². The molecule has 2 aromatic rings. The SMILES string of the molecule is CC(=NO)c1ccc(C)cc1OCc1cccnc1. The van der Waals surface area contributed by atoms with E-state index < -0.39 is 0 Å². The number of nitrogens with zero attached hydrogens (tertiary/aromatic N) is 2. The monoisotopic (exact) mass is 256 g/mol. The lowest BCUT2D eigenvalue weighted by Gasteiger charge is -2.11. The molecule has 1 aromatic carbocycles. The topological polar surface area (TPSA) is 54.7 Å². The Morgan fingerprint density at radius 2 is 2.21 bits per heavy atom. The van der Waals surface area contributed by atoms with Gasteiger partial charge in [-0.25, -0.2) is 0 Å². The van der Waals surface area contributed by atoms with Gasteiger partial charge in [0.25, 0.3) is 0 Å². The van der Waals surface area contributed by atoms with Gasteiger partial charge in [-0.3, -0.25) is 4.98 Å². The molecule has 0 atom stereocenters. The summed E-state index contributed by atoms with van der Waals surface area (Å²) in [4.78, 5) is 4.04. The number of ether oxygens (including phenoxy) is 1. The number of aromatic nitrogens is 1. The Hall–Kier alpha value is -2.36. The van der Waals surface area contributed by atoms with Crippen LogP contribution in [0.25, 0.3) is 0 Å². The quantitative estimate of drug-likeness (QED) is 0.519. The van der Waals surface area contributed by atoms with Gasteiger partial charge in [-0.05, 0) is 37.6 Å². The lowest BCUT2D eigenvalue weighted by atomic mass is 10.1. The number of aryl methyl sites for hydroxylation is 1. The number of rotatable bonds is 4. The summed E-state index contributed by atoms with van der Waals surface area (Å²) in [6, 6.07) is 9.61. The third kappa shape index (κ3) is 3.31. The molecule has 0 aliphatic rings. The van der Waals surface area contributed by atoms with Crippen molar-refractivity contribution in [2.45, 2.75) is 20.5 Å². The molecule has 0 bridgehead atoms. The van der Waals surface area contributed by atoms with Crippen LogP contribution in [-0.4, -0.2) is 15.9 Å². The normalized spacial score (nSPS) is 11.4. The Labute approximate surface area is 112 Å². The Morgan fingerprint density at radius 1 is 1.37 bits per heavy atom. The van der Waals surface area contributed by atoms with Gasteiger partial charge in [-0.15, -0.1) is 0 Å². The molecule has 4 nitrogen and oxygen atoms in total. The van der Waals surface area contributed by atoms with Crippen LogP contribution in [0, 0.1) is 6.92 Å². The predicted octanol–water partition coefficient (Wildman–Crippen LogP) is 3.17. The molecule has 98 valence electrons. The zero-order chi connectivity index (χ0) is 13.7. The van der Waals surface area contributed by atoms with E-state index in [9.17, 15) is 0 Å². The summed E-state index contributed by atoms with van der Waals surface area (Å²) < 4.78 is 5.80. The average molecular weight is 256 g/mol. The van der Waals surface area contributed by atoms with Crippen LogP contribution in [-0.2, 0) is 6.61 Å². The van der Waals surface area contributed by atoms with Crippen molar-refractivity contribution >= 4 is 5.71 Å². The summed E-state index contributed by atoms with van der Waals surface area (Å²) in [5.74, 6) is 0.708. The molecule has 0 amide bonds. The van der Waals surface area contributed by atoms with Crippen LogP contribution in [0.5, 0.6) is 5.75 Å². The van der Waals surface area contributed by atoms with Crippen LogP contribution >= 0.6 is 0 Å². The Bertz CT molecular complexity index is 580. The minimum atomic E-state index is 0.434. The maximum Gasteiger partial charge on any atom is 0.129 e. The minimum absolute atomic E-state index is 0.434. The van der Waals surface area contributed by atoms with E-state index in [1.807, 2.05) is 37.3 Å². The molecule has 0 spiro atoms. The lowest BCUT2D eigenvalue weighted by Crippen LogP contribution is -2.03. The molecule has 0 fully saturated rings. The van der Waals surface area contributed by atoms with Crippen molar-refractivity contribution in [2.24, 2.45) is 5.16 Å². The highest BCUT2D eigenvalue weighted by Gasteiger charge is 2.08. The Kier molecular flexibility index (Phi) is 4.13. The van der Waals surface area contributed by atoms with E-state index in [4.69, 9.17) is 9.94 Å². The third-order valence-electron chi connectivity index (χ3n) is 2.79. The first-order valence-corrected chi connectivity index (χ1v) is 6.02. The minimum Gasteiger partial charge on any atom is -0.488 e. The van der Waals surface area contributed by atoms with Crippen LogP contribution in [0.3, 0.4) is 0 Å². The average Bonchev–Trinajstić information content (AvgIpc) is 2.45. The highest BCUT2D eigenvalue weighted by atomic mass is 16.5. The fraction of sp³-hybridized carbons (Fsp3) is 0.200. The second kappa shape index (κ2) is 6.00. The number of oxime groups is 1. The highest BCUT2D eigenvalue weighted by molar-refractivity contribution is 6.00. The first-order chi connectivity index (χ1) is 9.20. The van der Waals surface area contributed by atoms with Crippen LogP contribution in [0.4, 0.5) is 0 Å². The highest BCUT2D eigenvalue weighted by Crippen LogP contribution is 2.22.